The lowest BCUT2D eigenvalue weighted by molar-refractivity contribution is 0.122. The van der Waals surface area contributed by atoms with Crippen LogP contribution in [-0.2, 0) is 31.8 Å². The maximum absolute atomic E-state index is 15.4. The molecule has 4 aromatic carbocycles. The number of fused-ring (bicyclic) bond motifs is 2. The molecule has 0 aliphatic carbocycles. The molecule has 4 aromatic heterocycles. The Labute approximate surface area is 462 Å². The summed E-state index contributed by atoms with van der Waals surface area (Å²) >= 11 is 6.25. The van der Waals surface area contributed by atoms with Gasteiger partial charge in [-0.2, -0.15) is 0 Å². The van der Waals surface area contributed by atoms with Crippen molar-refractivity contribution in [2.75, 3.05) is 136 Å². The van der Waals surface area contributed by atoms with Crippen molar-refractivity contribution in [3.8, 4) is 0 Å². The fourth-order valence-electron chi connectivity index (χ4n) is 10.1. The number of benzene rings is 4. The fraction of sp³-hybridized carbons (Fsp3) is 0.333. The minimum Gasteiger partial charge on any atom is -0.396 e. The molecule has 19 heteroatoms. The lowest BCUT2D eigenvalue weighted by atomic mass is 10.0. The first kappa shape index (κ1) is 55.0. The second-order valence-electron chi connectivity index (χ2n) is 19.6. The van der Waals surface area contributed by atoms with Crippen molar-refractivity contribution in [1.29, 1.82) is 0 Å². The smallest absolute Gasteiger partial charge is 0.152 e. The zero-order valence-electron chi connectivity index (χ0n) is 44.3. The molecule has 79 heavy (non-hydrogen) atoms. The van der Waals surface area contributed by atoms with Crippen LogP contribution < -0.4 is 30.7 Å². The topological polar surface area (TPSA) is 139 Å². The molecule has 0 atom stereocenters. The number of aromatic nitrogens is 4. The quantitative estimate of drug-likeness (QED) is 0.126. The van der Waals surface area contributed by atoms with E-state index in [0.717, 1.165) is 146 Å². The molecule has 0 bridgehead atoms. The Morgan fingerprint density at radius 2 is 0.937 bits per heavy atom. The lowest BCUT2D eigenvalue weighted by Gasteiger charge is -2.32. The minimum atomic E-state index is -0.683. The minimum absolute atomic E-state index is 0.173. The van der Waals surface area contributed by atoms with Gasteiger partial charge in [0.1, 0.15) is 23.3 Å². The Morgan fingerprint density at radius 1 is 0.519 bits per heavy atom. The van der Waals surface area contributed by atoms with Crippen LogP contribution in [0, 0.1) is 37.1 Å². The number of ether oxygens (including phenoxy) is 4. The summed E-state index contributed by atoms with van der Waals surface area (Å²) in [7, 11) is 0. The summed E-state index contributed by atoms with van der Waals surface area (Å²) in [6.45, 7) is 15.7. The molecule has 4 aliphatic rings. The van der Waals surface area contributed by atoms with E-state index in [1.165, 1.54) is 12.1 Å². The number of hydrogen-bond acceptors (Lipinski definition) is 14. The predicted molar refractivity (Wildman–Crippen MR) is 305 cm³/mol. The highest BCUT2D eigenvalue weighted by molar-refractivity contribution is 6.36. The van der Waals surface area contributed by atoms with E-state index >= 15 is 4.39 Å². The third kappa shape index (κ3) is 13.2. The average molecular weight is 1100 g/mol. The number of nitrogens with two attached hydrogens (primary N) is 1. The monoisotopic (exact) mass is 1100 g/mol. The molecular formula is C60H63ClF4N10O4. The molecule has 14 nitrogen and oxygen atoms in total. The highest BCUT2D eigenvalue weighted by Gasteiger charge is 2.24. The summed E-state index contributed by atoms with van der Waals surface area (Å²) in [5.41, 5.74) is 15.9. The van der Waals surface area contributed by atoms with Gasteiger partial charge in [0.2, 0.25) is 0 Å². The molecule has 0 spiro atoms. The third-order valence-electron chi connectivity index (χ3n) is 14.4. The lowest BCUT2D eigenvalue weighted by Crippen LogP contribution is -2.38. The Bertz CT molecular complexity index is 3380. The Balaban J connectivity index is 0.000000148. The van der Waals surface area contributed by atoms with E-state index in [-0.39, 0.29) is 21.8 Å². The van der Waals surface area contributed by atoms with E-state index in [2.05, 4.69) is 41.0 Å². The predicted octanol–water partition coefficient (Wildman–Crippen LogP) is 10.6. The van der Waals surface area contributed by atoms with Crippen LogP contribution in [0.5, 0.6) is 0 Å². The zero-order chi connectivity index (χ0) is 54.8. The molecule has 412 valence electrons. The maximum atomic E-state index is 15.4. The molecule has 0 radical (unpaired) electrons. The molecule has 4 fully saturated rings. The maximum Gasteiger partial charge on any atom is 0.152 e. The van der Waals surface area contributed by atoms with Crippen molar-refractivity contribution in [2.45, 2.75) is 26.7 Å². The van der Waals surface area contributed by atoms with E-state index in [0.29, 0.717) is 63.1 Å². The van der Waals surface area contributed by atoms with Crippen molar-refractivity contribution in [3.63, 3.8) is 0 Å². The van der Waals surface area contributed by atoms with Crippen LogP contribution in [0.1, 0.15) is 33.6 Å². The van der Waals surface area contributed by atoms with Crippen molar-refractivity contribution in [2.24, 2.45) is 0 Å². The van der Waals surface area contributed by atoms with Gasteiger partial charge in [0.05, 0.1) is 126 Å². The summed E-state index contributed by atoms with van der Waals surface area (Å²) in [4.78, 5) is 27.4. The van der Waals surface area contributed by atoms with Crippen LogP contribution >= 0.6 is 11.6 Å². The van der Waals surface area contributed by atoms with Crippen LogP contribution in [0.4, 0.5) is 57.6 Å². The molecule has 4 aliphatic heterocycles. The number of halogens is 5. The number of nitrogens with zero attached hydrogens (tertiary/aromatic N) is 8. The van der Waals surface area contributed by atoms with Gasteiger partial charge < -0.3 is 49.6 Å². The summed E-state index contributed by atoms with van der Waals surface area (Å²) in [6.07, 6.45) is 4.90. The second-order valence-corrected chi connectivity index (χ2v) is 20.0. The first-order valence-electron chi connectivity index (χ1n) is 26.6. The molecule has 4 saturated heterocycles. The summed E-state index contributed by atoms with van der Waals surface area (Å²) < 4.78 is 78.8. The van der Waals surface area contributed by atoms with Crippen LogP contribution in [0.2, 0.25) is 5.02 Å². The Morgan fingerprint density at radius 3 is 1.43 bits per heavy atom. The van der Waals surface area contributed by atoms with Gasteiger partial charge in [0, 0.05) is 95.2 Å². The highest BCUT2D eigenvalue weighted by Crippen LogP contribution is 2.39. The van der Waals surface area contributed by atoms with Crippen molar-refractivity contribution in [3.05, 3.63) is 171 Å². The van der Waals surface area contributed by atoms with Crippen LogP contribution in [0.15, 0.2) is 109 Å². The van der Waals surface area contributed by atoms with E-state index < -0.39 is 23.3 Å². The standard InChI is InChI=1S/C30H31F2N5O2.C17H12ClF2N.C13H20N4O2/c1-20-25(15-21-5-3-2-4-6-21)34-26-17-22(31)16-24(32)28(26)29(20)35-27-18-23(36-7-11-38-12-8-36)19-33-30(27)37-9-13-39-14-10-37;1-10-14(7-11-5-3-2-4-6-11)21-15-9-12(19)8-13(20)16(15)17(10)18;14-12-9-11(16-1-5-18-6-2-16)10-15-13(12)17-3-7-19-8-4-17/h2-6,16-19H,7-15H2,1H3,(H,34,35);2-6,8-9H,7H2,1H3;9-10H,1-8,14H2. The molecule has 0 amide bonds. The summed E-state index contributed by atoms with van der Waals surface area (Å²) in [6, 6.07) is 28.0. The Hall–Kier alpha value is -7.35. The van der Waals surface area contributed by atoms with E-state index in [4.69, 9.17) is 46.3 Å². The number of rotatable bonds is 10. The Kier molecular flexibility index (Phi) is 17.8. The molecule has 8 heterocycles. The van der Waals surface area contributed by atoms with E-state index in [1.54, 1.807) is 6.92 Å². The van der Waals surface area contributed by atoms with Crippen molar-refractivity contribution >= 4 is 73.5 Å². The first-order valence-corrected chi connectivity index (χ1v) is 27.0. The zero-order valence-corrected chi connectivity index (χ0v) is 45.1. The molecule has 0 unspecified atom stereocenters. The highest BCUT2D eigenvalue weighted by atomic mass is 35.5. The van der Waals surface area contributed by atoms with Gasteiger partial charge in [0.15, 0.2) is 11.6 Å². The van der Waals surface area contributed by atoms with Gasteiger partial charge in [-0.25, -0.2) is 27.5 Å². The molecule has 12 rings (SSSR count). The summed E-state index contributed by atoms with van der Waals surface area (Å²) in [5.74, 6) is -1.00. The third-order valence-corrected chi connectivity index (χ3v) is 14.9. The van der Waals surface area contributed by atoms with Gasteiger partial charge in [-0.3, -0.25) is 9.97 Å². The number of morpholine rings is 4. The van der Waals surface area contributed by atoms with Gasteiger partial charge in [0.25, 0.3) is 0 Å². The average Bonchev–Trinajstić information content (AvgIpc) is 3.53. The number of pyridine rings is 4. The molecular weight excluding hydrogens is 1040 g/mol. The normalized spacial score (nSPS) is 15.8. The number of nitrogen functional groups attached to an aromatic ring is 1. The first-order chi connectivity index (χ1) is 38.5. The van der Waals surface area contributed by atoms with Crippen LogP contribution in [0.3, 0.4) is 0 Å². The SMILES string of the molecule is Cc1c(Cc2ccccc2)nc2cc(F)cc(F)c2c1Cl.Cc1c(Cc2ccccc2)nc2cc(F)cc(F)c2c1Nc1cc(N2CCOCC2)cnc1N1CCOCC1.Nc1cc(N2CCOCC2)cnc1N1CCOCC1. The fourth-order valence-corrected chi connectivity index (χ4v) is 10.4. The van der Waals surface area contributed by atoms with Crippen LogP contribution in [-0.4, -0.2) is 125 Å². The molecule has 3 N–H and O–H groups in total. The second kappa shape index (κ2) is 25.6. The summed E-state index contributed by atoms with van der Waals surface area (Å²) in [5, 5.41) is 4.27. The largest absolute Gasteiger partial charge is 0.396 e. The molecule has 8 aromatic rings. The van der Waals surface area contributed by atoms with Gasteiger partial charge in [-0.1, -0.05) is 72.3 Å². The van der Waals surface area contributed by atoms with Crippen LogP contribution in [0.25, 0.3) is 21.8 Å². The van der Waals surface area contributed by atoms with Crippen molar-refractivity contribution in [1.82, 2.24) is 19.9 Å². The molecule has 0 saturated carbocycles. The number of nitrogens with one attached hydrogen (secondary N) is 1. The van der Waals surface area contributed by atoms with E-state index in [9.17, 15) is 13.2 Å². The van der Waals surface area contributed by atoms with Gasteiger partial charge in [-0.05, 0) is 48.2 Å². The van der Waals surface area contributed by atoms with E-state index in [1.807, 2.05) is 86.0 Å². The van der Waals surface area contributed by atoms with Gasteiger partial charge in [-0.15, -0.1) is 0 Å². The number of anilines is 7. The van der Waals surface area contributed by atoms with Crippen molar-refractivity contribution < 1.29 is 36.5 Å². The van der Waals surface area contributed by atoms with Gasteiger partial charge >= 0.3 is 0 Å². The number of hydrogen-bond donors (Lipinski definition) is 2.